The quantitative estimate of drug-likeness (QED) is 0.244. The second-order valence-electron chi connectivity index (χ2n) is 4.45. The third kappa shape index (κ3) is 4.51. The Kier molecular flexibility index (Phi) is 6.32. The van der Waals surface area contributed by atoms with Gasteiger partial charge in [-0.15, -0.1) is 0 Å². The SMILES string of the molecule is O=C[C@H](O)[C@@H](O)[C@H](O)[C@H](O)COC(=O)[C@@H]1CCCN1. The number of aliphatic hydroxyl groups is 4. The number of rotatable bonds is 7. The predicted octanol–water partition coefficient (Wildman–Crippen LogP) is -3.08. The van der Waals surface area contributed by atoms with Gasteiger partial charge in [0.1, 0.15) is 37.1 Å². The van der Waals surface area contributed by atoms with Crippen LogP contribution in [0.15, 0.2) is 0 Å². The minimum Gasteiger partial charge on any atom is -0.462 e. The summed E-state index contributed by atoms with van der Waals surface area (Å²) in [5, 5.41) is 40.1. The zero-order valence-electron chi connectivity index (χ0n) is 10.3. The zero-order valence-corrected chi connectivity index (χ0v) is 10.3. The maximum atomic E-state index is 11.5. The molecule has 1 rings (SSSR count). The molecule has 0 aromatic heterocycles. The van der Waals surface area contributed by atoms with Crippen molar-refractivity contribution in [2.45, 2.75) is 43.3 Å². The summed E-state index contributed by atoms with van der Waals surface area (Å²) in [5.74, 6) is -0.547. The first kappa shape index (κ1) is 16.0. The Balaban J connectivity index is 2.35. The van der Waals surface area contributed by atoms with E-state index in [-0.39, 0.29) is 6.29 Å². The van der Waals surface area contributed by atoms with Crippen LogP contribution in [-0.4, -0.2) is 76.3 Å². The van der Waals surface area contributed by atoms with Crippen molar-refractivity contribution in [2.24, 2.45) is 0 Å². The predicted molar refractivity (Wildman–Crippen MR) is 62.1 cm³/mol. The molecule has 8 heteroatoms. The van der Waals surface area contributed by atoms with Gasteiger partial charge in [0.25, 0.3) is 0 Å². The summed E-state index contributed by atoms with van der Waals surface area (Å²) in [5.41, 5.74) is 0. The van der Waals surface area contributed by atoms with E-state index in [1.165, 1.54) is 0 Å². The molecule has 1 aliphatic heterocycles. The molecule has 19 heavy (non-hydrogen) atoms. The average molecular weight is 277 g/mol. The van der Waals surface area contributed by atoms with Gasteiger partial charge < -0.3 is 35.3 Å². The minimum absolute atomic E-state index is 0.0368. The number of carbonyl (C=O) groups is 2. The topological polar surface area (TPSA) is 136 Å². The second-order valence-corrected chi connectivity index (χ2v) is 4.45. The number of hydrogen-bond donors (Lipinski definition) is 5. The van der Waals surface area contributed by atoms with E-state index >= 15 is 0 Å². The third-order valence-corrected chi connectivity index (χ3v) is 2.97. The van der Waals surface area contributed by atoms with E-state index in [2.05, 4.69) is 5.32 Å². The van der Waals surface area contributed by atoms with Crippen molar-refractivity contribution in [3.63, 3.8) is 0 Å². The molecule has 0 radical (unpaired) electrons. The van der Waals surface area contributed by atoms with Crippen LogP contribution in [0.3, 0.4) is 0 Å². The second kappa shape index (κ2) is 7.51. The molecule has 0 aromatic carbocycles. The van der Waals surface area contributed by atoms with Crippen LogP contribution < -0.4 is 5.32 Å². The molecule has 0 aliphatic carbocycles. The normalized spacial score (nSPS) is 25.4. The minimum atomic E-state index is -1.84. The van der Waals surface area contributed by atoms with Crippen LogP contribution in [0.5, 0.6) is 0 Å². The van der Waals surface area contributed by atoms with E-state index in [0.29, 0.717) is 6.42 Å². The lowest BCUT2D eigenvalue weighted by Crippen LogP contribution is -2.47. The van der Waals surface area contributed by atoms with Crippen molar-refractivity contribution in [2.75, 3.05) is 13.2 Å². The lowest BCUT2D eigenvalue weighted by molar-refractivity contribution is -0.157. The molecule has 0 aromatic rings. The summed E-state index contributed by atoms with van der Waals surface area (Å²) in [6.45, 7) is 0.190. The van der Waals surface area contributed by atoms with Crippen molar-refractivity contribution in [1.29, 1.82) is 0 Å². The molecule has 0 saturated carbocycles. The maximum Gasteiger partial charge on any atom is 0.323 e. The number of esters is 1. The number of aliphatic hydroxyl groups excluding tert-OH is 4. The first-order chi connectivity index (χ1) is 8.97. The number of aldehydes is 1. The Hall–Kier alpha value is -1.06. The van der Waals surface area contributed by atoms with Crippen molar-refractivity contribution in [1.82, 2.24) is 5.32 Å². The summed E-state index contributed by atoms with van der Waals surface area (Å²) in [4.78, 5) is 21.7. The lowest BCUT2D eigenvalue weighted by atomic mass is 10.0. The van der Waals surface area contributed by atoms with Gasteiger partial charge in [0.15, 0.2) is 6.29 Å². The highest BCUT2D eigenvalue weighted by molar-refractivity contribution is 5.76. The van der Waals surface area contributed by atoms with Gasteiger partial charge in [0.05, 0.1) is 0 Å². The molecular formula is C11H19NO7. The number of hydrogen-bond acceptors (Lipinski definition) is 8. The van der Waals surface area contributed by atoms with Crippen LogP contribution in [0.1, 0.15) is 12.8 Å². The van der Waals surface area contributed by atoms with E-state index in [0.717, 1.165) is 13.0 Å². The lowest BCUT2D eigenvalue weighted by Gasteiger charge is -2.24. The summed E-state index contributed by atoms with van der Waals surface area (Å²) >= 11 is 0. The number of carbonyl (C=O) groups excluding carboxylic acids is 2. The summed E-state index contributed by atoms with van der Waals surface area (Å²) < 4.78 is 4.78. The van der Waals surface area contributed by atoms with E-state index in [1.807, 2.05) is 0 Å². The molecule has 5 atom stereocenters. The van der Waals surface area contributed by atoms with Crippen LogP contribution in [0.25, 0.3) is 0 Å². The van der Waals surface area contributed by atoms with Gasteiger partial charge in [-0.3, -0.25) is 4.79 Å². The molecule has 8 nitrogen and oxygen atoms in total. The van der Waals surface area contributed by atoms with E-state index < -0.39 is 43.0 Å². The van der Waals surface area contributed by atoms with E-state index in [1.54, 1.807) is 0 Å². The van der Waals surface area contributed by atoms with Crippen molar-refractivity contribution in [3.05, 3.63) is 0 Å². The summed E-state index contributed by atoms with van der Waals surface area (Å²) in [6, 6.07) is -0.421. The van der Waals surface area contributed by atoms with Crippen molar-refractivity contribution < 1.29 is 34.8 Å². The van der Waals surface area contributed by atoms with Gasteiger partial charge in [-0.1, -0.05) is 0 Å². The van der Waals surface area contributed by atoms with Crippen LogP contribution in [0.2, 0.25) is 0 Å². The van der Waals surface area contributed by atoms with Crippen LogP contribution in [0, 0.1) is 0 Å². The molecule has 5 N–H and O–H groups in total. The first-order valence-electron chi connectivity index (χ1n) is 6.05. The maximum absolute atomic E-state index is 11.5. The highest BCUT2D eigenvalue weighted by Gasteiger charge is 2.32. The van der Waals surface area contributed by atoms with Gasteiger partial charge in [-0.05, 0) is 19.4 Å². The molecule has 1 fully saturated rings. The molecule has 1 aliphatic rings. The summed E-state index contributed by atoms with van der Waals surface area (Å²) in [7, 11) is 0. The van der Waals surface area contributed by atoms with Crippen LogP contribution >= 0.6 is 0 Å². The fraction of sp³-hybridized carbons (Fsp3) is 0.818. The van der Waals surface area contributed by atoms with Gasteiger partial charge in [-0.25, -0.2) is 0 Å². The molecule has 0 spiro atoms. The van der Waals surface area contributed by atoms with Gasteiger partial charge in [0, 0.05) is 0 Å². The Bertz CT molecular complexity index is 305. The van der Waals surface area contributed by atoms with E-state index in [4.69, 9.17) is 9.84 Å². The van der Waals surface area contributed by atoms with Gasteiger partial charge in [0.2, 0.25) is 0 Å². The molecule has 0 unspecified atom stereocenters. The van der Waals surface area contributed by atoms with Gasteiger partial charge >= 0.3 is 5.97 Å². The molecular weight excluding hydrogens is 258 g/mol. The molecule has 1 saturated heterocycles. The molecule has 0 bridgehead atoms. The number of nitrogens with one attached hydrogen (secondary N) is 1. The Morgan fingerprint density at radius 2 is 2.00 bits per heavy atom. The van der Waals surface area contributed by atoms with E-state index in [9.17, 15) is 24.9 Å². The smallest absolute Gasteiger partial charge is 0.323 e. The van der Waals surface area contributed by atoms with Crippen molar-refractivity contribution >= 4 is 12.3 Å². The molecule has 0 amide bonds. The largest absolute Gasteiger partial charge is 0.462 e. The highest BCUT2D eigenvalue weighted by atomic mass is 16.5. The molecule has 110 valence electrons. The van der Waals surface area contributed by atoms with Crippen LogP contribution in [0.4, 0.5) is 0 Å². The van der Waals surface area contributed by atoms with Crippen LogP contribution in [-0.2, 0) is 14.3 Å². The third-order valence-electron chi connectivity index (χ3n) is 2.97. The Morgan fingerprint density at radius 3 is 2.53 bits per heavy atom. The Labute approximate surface area is 110 Å². The Morgan fingerprint density at radius 1 is 1.32 bits per heavy atom. The van der Waals surface area contributed by atoms with Crippen molar-refractivity contribution in [3.8, 4) is 0 Å². The fourth-order valence-corrected chi connectivity index (χ4v) is 1.76. The zero-order chi connectivity index (χ0) is 14.4. The number of ether oxygens (including phenoxy) is 1. The molecule has 1 heterocycles. The standard InChI is InChI=1S/C11H19NO7/c13-4-7(14)9(16)10(17)8(15)5-19-11(18)6-2-1-3-12-6/h4,6-10,12,14-17H,1-3,5H2/t6-,7-,8+,9+,10+/m0/s1. The monoisotopic (exact) mass is 277 g/mol. The summed E-state index contributed by atoms with van der Waals surface area (Å²) in [6.07, 6.45) is -5.49. The average Bonchev–Trinajstić information content (AvgIpc) is 2.95. The highest BCUT2D eigenvalue weighted by Crippen LogP contribution is 2.09. The first-order valence-corrected chi connectivity index (χ1v) is 6.05. The fourth-order valence-electron chi connectivity index (χ4n) is 1.76. The van der Waals surface area contributed by atoms with Gasteiger partial charge in [-0.2, -0.15) is 0 Å².